The summed E-state index contributed by atoms with van der Waals surface area (Å²) in [4.78, 5) is 18.5. The number of carbonyl (C=O) groups is 1. The molecular formula is C24H39IN4O3. The van der Waals surface area contributed by atoms with E-state index >= 15 is 0 Å². The highest BCUT2D eigenvalue weighted by Crippen LogP contribution is 2.25. The van der Waals surface area contributed by atoms with Crippen LogP contribution in [-0.4, -0.2) is 62.8 Å². The van der Waals surface area contributed by atoms with Crippen LogP contribution < -0.4 is 15.4 Å². The normalized spacial score (nSPS) is 23.2. The van der Waals surface area contributed by atoms with E-state index in [1.807, 2.05) is 0 Å². The topological polar surface area (TPSA) is 75.2 Å². The predicted molar refractivity (Wildman–Crippen MR) is 139 cm³/mol. The van der Waals surface area contributed by atoms with Crippen molar-refractivity contribution in [2.24, 2.45) is 10.9 Å². The fourth-order valence-electron chi connectivity index (χ4n) is 4.03. The number of hydrogen-bond acceptors (Lipinski definition) is 4. The molecular weight excluding hydrogens is 519 g/mol. The summed E-state index contributed by atoms with van der Waals surface area (Å²) in [6.45, 7) is 6.44. The second-order valence-corrected chi connectivity index (χ2v) is 9.03. The van der Waals surface area contributed by atoms with Crippen LogP contribution >= 0.6 is 24.0 Å². The van der Waals surface area contributed by atoms with E-state index in [0.717, 1.165) is 36.3 Å². The molecule has 2 fully saturated rings. The van der Waals surface area contributed by atoms with E-state index in [0.29, 0.717) is 31.1 Å². The molecule has 0 aromatic heterocycles. The zero-order valence-electron chi connectivity index (χ0n) is 19.9. The Morgan fingerprint density at radius 3 is 2.72 bits per heavy atom. The summed E-state index contributed by atoms with van der Waals surface area (Å²) in [6.07, 6.45) is 5.88. The van der Waals surface area contributed by atoms with Gasteiger partial charge in [-0.15, -0.1) is 24.0 Å². The first kappa shape index (κ1) is 26.7. The van der Waals surface area contributed by atoms with Crippen LogP contribution in [0.4, 0.5) is 0 Å². The number of carbonyl (C=O) groups excluding carboxylic acids is 1. The molecule has 1 saturated heterocycles. The van der Waals surface area contributed by atoms with Crippen LogP contribution in [0.15, 0.2) is 23.2 Å². The molecule has 1 aliphatic carbocycles. The van der Waals surface area contributed by atoms with E-state index in [1.165, 1.54) is 19.3 Å². The first-order chi connectivity index (χ1) is 14.9. The monoisotopic (exact) mass is 558 g/mol. The number of likely N-dealkylation sites (N-methyl/N-ethyl adjacent to an activating group) is 1. The van der Waals surface area contributed by atoms with Gasteiger partial charge in [-0.3, -0.25) is 4.79 Å². The van der Waals surface area contributed by atoms with Crippen LogP contribution in [-0.2, 0) is 16.1 Å². The average molecular weight is 559 g/mol. The molecule has 1 aromatic rings. The van der Waals surface area contributed by atoms with Crippen molar-refractivity contribution in [1.29, 1.82) is 0 Å². The first-order valence-corrected chi connectivity index (χ1v) is 11.5. The van der Waals surface area contributed by atoms with E-state index in [1.54, 1.807) is 19.0 Å². The predicted octanol–water partition coefficient (Wildman–Crippen LogP) is 3.48. The molecule has 1 saturated carbocycles. The lowest BCUT2D eigenvalue weighted by atomic mass is 9.86. The van der Waals surface area contributed by atoms with Crippen molar-refractivity contribution in [1.82, 2.24) is 15.5 Å². The third-order valence-electron chi connectivity index (χ3n) is 6.15. The lowest BCUT2D eigenvalue weighted by Gasteiger charge is -2.31. The van der Waals surface area contributed by atoms with Gasteiger partial charge >= 0.3 is 0 Å². The Labute approximate surface area is 209 Å². The van der Waals surface area contributed by atoms with Crippen molar-refractivity contribution < 1.29 is 14.3 Å². The SMILES string of the molecule is Cc1ccc(CN=C(NCC(=O)N(C)C)NC2CCCCC2C)c(OC2CCOC2)c1.I. The Morgan fingerprint density at radius 2 is 2.03 bits per heavy atom. The van der Waals surface area contributed by atoms with Crippen LogP contribution in [0.25, 0.3) is 0 Å². The van der Waals surface area contributed by atoms with Gasteiger partial charge in [-0.1, -0.05) is 31.9 Å². The number of aliphatic imine (C=N–C) groups is 1. The smallest absolute Gasteiger partial charge is 0.241 e. The number of nitrogens with one attached hydrogen (secondary N) is 2. The maximum absolute atomic E-state index is 12.1. The van der Waals surface area contributed by atoms with E-state index < -0.39 is 0 Å². The maximum atomic E-state index is 12.1. The number of hydrogen-bond donors (Lipinski definition) is 2. The molecule has 1 aliphatic heterocycles. The van der Waals surface area contributed by atoms with Gasteiger partial charge < -0.3 is 25.0 Å². The summed E-state index contributed by atoms with van der Waals surface area (Å²) >= 11 is 0. The molecule has 2 N–H and O–H groups in total. The Hall–Kier alpha value is -1.55. The summed E-state index contributed by atoms with van der Waals surface area (Å²) in [5.74, 6) is 2.16. The minimum atomic E-state index is 0. The maximum Gasteiger partial charge on any atom is 0.241 e. The van der Waals surface area contributed by atoms with E-state index in [4.69, 9.17) is 14.5 Å². The number of halogens is 1. The quantitative estimate of drug-likeness (QED) is 0.305. The summed E-state index contributed by atoms with van der Waals surface area (Å²) in [7, 11) is 3.53. The van der Waals surface area contributed by atoms with Gasteiger partial charge in [0.05, 0.1) is 26.3 Å². The molecule has 3 rings (SSSR count). The number of guanidine groups is 1. The van der Waals surface area contributed by atoms with E-state index in [9.17, 15) is 4.79 Å². The van der Waals surface area contributed by atoms with E-state index in [2.05, 4.69) is 42.7 Å². The molecule has 1 amide bonds. The van der Waals surface area contributed by atoms with Crippen LogP contribution in [0.1, 0.15) is 50.2 Å². The van der Waals surface area contributed by atoms with Crippen LogP contribution in [0.3, 0.4) is 0 Å². The molecule has 0 radical (unpaired) electrons. The second-order valence-electron chi connectivity index (χ2n) is 9.03. The van der Waals surface area contributed by atoms with Crippen LogP contribution in [0.5, 0.6) is 5.75 Å². The highest BCUT2D eigenvalue weighted by atomic mass is 127. The van der Waals surface area contributed by atoms with Gasteiger partial charge in [-0.2, -0.15) is 0 Å². The van der Waals surface area contributed by atoms with Crippen molar-refractivity contribution in [3.05, 3.63) is 29.3 Å². The number of aryl methyl sites for hydroxylation is 1. The van der Waals surface area contributed by atoms with Gasteiger partial charge in [0, 0.05) is 32.1 Å². The number of rotatable bonds is 7. The van der Waals surface area contributed by atoms with Crippen molar-refractivity contribution in [3.63, 3.8) is 0 Å². The molecule has 8 heteroatoms. The fourth-order valence-corrected chi connectivity index (χ4v) is 4.03. The highest BCUT2D eigenvalue weighted by Gasteiger charge is 2.23. The van der Waals surface area contributed by atoms with Crippen molar-refractivity contribution in [3.8, 4) is 5.75 Å². The second kappa shape index (κ2) is 13.2. The molecule has 180 valence electrons. The fraction of sp³-hybridized carbons (Fsp3) is 0.667. The third-order valence-corrected chi connectivity index (χ3v) is 6.15. The van der Waals surface area contributed by atoms with Gasteiger partial charge in [0.1, 0.15) is 11.9 Å². The summed E-state index contributed by atoms with van der Waals surface area (Å²) in [5.41, 5.74) is 2.19. The summed E-state index contributed by atoms with van der Waals surface area (Å²) in [5, 5.41) is 6.81. The van der Waals surface area contributed by atoms with Crippen molar-refractivity contribution in [2.45, 2.75) is 64.6 Å². The van der Waals surface area contributed by atoms with Gasteiger partial charge in [-0.05, 0) is 37.3 Å². The first-order valence-electron chi connectivity index (χ1n) is 11.5. The molecule has 7 nitrogen and oxygen atoms in total. The lowest BCUT2D eigenvalue weighted by molar-refractivity contribution is -0.127. The third kappa shape index (κ3) is 8.10. The number of benzene rings is 1. The zero-order valence-corrected chi connectivity index (χ0v) is 22.2. The molecule has 1 aromatic carbocycles. The van der Waals surface area contributed by atoms with Gasteiger partial charge in [-0.25, -0.2) is 4.99 Å². The van der Waals surface area contributed by atoms with Gasteiger partial charge in [0.2, 0.25) is 5.91 Å². The Balaban J connectivity index is 0.00000363. The molecule has 0 spiro atoms. The van der Waals surface area contributed by atoms with Gasteiger partial charge in [0.15, 0.2) is 5.96 Å². The Morgan fingerprint density at radius 1 is 1.25 bits per heavy atom. The van der Waals surface area contributed by atoms with Crippen LogP contribution in [0.2, 0.25) is 0 Å². The van der Waals surface area contributed by atoms with E-state index in [-0.39, 0.29) is 42.5 Å². The number of amides is 1. The van der Waals surface area contributed by atoms with Crippen LogP contribution in [0, 0.1) is 12.8 Å². The molecule has 0 bridgehead atoms. The standard InChI is InChI=1S/C24H38N4O3.HI/c1-17-9-10-19(22(13-17)31-20-11-12-30-16-20)14-25-24(26-15-23(29)28(3)4)27-21-8-6-5-7-18(21)2;/h9-10,13,18,20-21H,5-8,11-12,14-16H2,1-4H3,(H2,25,26,27);1H. The summed E-state index contributed by atoms with van der Waals surface area (Å²) in [6, 6.07) is 6.61. The minimum Gasteiger partial charge on any atom is -0.488 e. The average Bonchev–Trinajstić information content (AvgIpc) is 3.25. The molecule has 2 aliphatic rings. The number of nitrogens with zero attached hydrogens (tertiary/aromatic N) is 2. The number of ether oxygens (including phenoxy) is 2. The summed E-state index contributed by atoms with van der Waals surface area (Å²) < 4.78 is 11.7. The van der Waals surface area contributed by atoms with Crippen molar-refractivity contribution in [2.75, 3.05) is 33.9 Å². The lowest BCUT2D eigenvalue weighted by Crippen LogP contribution is -2.49. The molecule has 32 heavy (non-hydrogen) atoms. The largest absolute Gasteiger partial charge is 0.488 e. The molecule has 1 heterocycles. The molecule has 3 unspecified atom stereocenters. The van der Waals surface area contributed by atoms with Gasteiger partial charge in [0.25, 0.3) is 0 Å². The van der Waals surface area contributed by atoms with Crippen molar-refractivity contribution >= 4 is 35.8 Å². The Bertz CT molecular complexity index is 766. The highest BCUT2D eigenvalue weighted by molar-refractivity contribution is 14.0. The molecule has 3 atom stereocenters. The Kier molecular flexibility index (Phi) is 11.0. The minimum absolute atomic E-state index is 0. The zero-order chi connectivity index (χ0) is 22.2.